The Bertz CT molecular complexity index is 1260. The second-order valence-corrected chi connectivity index (χ2v) is 11.0. The maximum atomic E-state index is 13.6. The molecule has 0 aliphatic heterocycles. The van der Waals surface area contributed by atoms with E-state index in [0.717, 1.165) is 16.6 Å². The van der Waals surface area contributed by atoms with Crippen molar-refractivity contribution in [2.24, 2.45) is 0 Å². The van der Waals surface area contributed by atoms with Gasteiger partial charge >= 0.3 is 0 Å². The Labute approximate surface area is 186 Å². The van der Waals surface area contributed by atoms with Crippen molar-refractivity contribution in [3.8, 4) is 5.75 Å². The average Bonchev–Trinajstić information content (AvgIpc) is 2.75. The van der Waals surface area contributed by atoms with Crippen LogP contribution in [-0.2, 0) is 33.0 Å². The number of sulfonamides is 1. The molecule has 3 rings (SSSR count). The Balaban J connectivity index is 2.11. The molecule has 0 atom stereocenters. The molecule has 0 saturated carbocycles. The quantitative estimate of drug-likeness (QED) is 0.489. The lowest BCUT2D eigenvalue weighted by Crippen LogP contribution is -2.30. The molecular weight excluding hydrogens is 460 g/mol. The van der Waals surface area contributed by atoms with Crippen molar-refractivity contribution < 1.29 is 30.4 Å². The summed E-state index contributed by atoms with van der Waals surface area (Å²) in [4.78, 5) is -0.507. The summed E-state index contributed by atoms with van der Waals surface area (Å²) in [6.45, 7) is -0.265. The van der Waals surface area contributed by atoms with Gasteiger partial charge in [-0.2, -0.15) is 4.31 Å². The molecule has 0 amide bonds. The van der Waals surface area contributed by atoms with Gasteiger partial charge in [-0.15, -0.1) is 0 Å². The van der Waals surface area contributed by atoms with E-state index in [-0.39, 0.29) is 28.6 Å². The highest BCUT2D eigenvalue weighted by molar-refractivity contribution is 7.91. The first-order valence-electron chi connectivity index (χ1n) is 9.38. The molecule has 0 bridgehead atoms. The van der Waals surface area contributed by atoms with E-state index in [4.69, 9.17) is 4.74 Å². The summed E-state index contributed by atoms with van der Waals surface area (Å²) in [7, 11) is -6.70. The third-order valence-electron chi connectivity index (χ3n) is 4.73. The molecule has 0 unspecified atom stereocenters. The predicted molar refractivity (Wildman–Crippen MR) is 115 cm³/mol. The third-order valence-corrected chi connectivity index (χ3v) is 7.65. The molecule has 32 heavy (non-hydrogen) atoms. The number of hydrogen-bond donors (Lipinski definition) is 0. The van der Waals surface area contributed by atoms with Gasteiger partial charge in [0.25, 0.3) is 0 Å². The van der Waals surface area contributed by atoms with Crippen LogP contribution in [0.4, 0.5) is 8.78 Å². The lowest BCUT2D eigenvalue weighted by atomic mass is 10.2. The van der Waals surface area contributed by atoms with E-state index < -0.39 is 31.5 Å². The fourth-order valence-corrected chi connectivity index (χ4v) is 5.36. The lowest BCUT2D eigenvalue weighted by molar-refractivity contribution is 0.382. The van der Waals surface area contributed by atoms with Gasteiger partial charge in [-0.25, -0.2) is 25.6 Å². The van der Waals surface area contributed by atoms with Crippen molar-refractivity contribution in [3.05, 3.63) is 89.5 Å². The van der Waals surface area contributed by atoms with Gasteiger partial charge in [0.05, 0.1) is 12.0 Å². The van der Waals surface area contributed by atoms with Gasteiger partial charge in [-0.3, -0.25) is 0 Å². The van der Waals surface area contributed by atoms with E-state index in [1.165, 1.54) is 67.8 Å². The average molecular weight is 482 g/mol. The summed E-state index contributed by atoms with van der Waals surface area (Å²) in [6.07, 6.45) is 0.972. The van der Waals surface area contributed by atoms with Crippen molar-refractivity contribution in [2.45, 2.75) is 22.9 Å². The number of halogens is 2. The highest BCUT2D eigenvalue weighted by atomic mass is 32.2. The van der Waals surface area contributed by atoms with E-state index in [1.54, 1.807) is 0 Å². The number of ether oxygens (including phenoxy) is 1. The summed E-state index contributed by atoms with van der Waals surface area (Å²) in [5, 5.41) is 0. The SMILES string of the molecule is COc1ccc(S(C)(=O)=O)cc1S(=O)(=O)N(Cc1ccc(F)cc1)Cc1ccc(F)cc1. The zero-order chi connectivity index (χ0) is 23.5. The van der Waals surface area contributed by atoms with E-state index >= 15 is 0 Å². The summed E-state index contributed by atoms with van der Waals surface area (Å²) in [5.41, 5.74) is 1.02. The first kappa shape index (κ1) is 23.8. The van der Waals surface area contributed by atoms with Crippen molar-refractivity contribution in [1.82, 2.24) is 4.31 Å². The maximum absolute atomic E-state index is 13.6. The molecule has 0 fully saturated rings. The summed E-state index contributed by atoms with van der Waals surface area (Å²) >= 11 is 0. The van der Waals surface area contributed by atoms with Gasteiger partial charge in [0.15, 0.2) is 9.84 Å². The van der Waals surface area contributed by atoms with E-state index in [2.05, 4.69) is 0 Å². The Kier molecular flexibility index (Phi) is 6.97. The molecule has 3 aromatic rings. The maximum Gasteiger partial charge on any atom is 0.247 e. The van der Waals surface area contributed by atoms with Gasteiger partial charge < -0.3 is 4.74 Å². The monoisotopic (exact) mass is 481 g/mol. The predicted octanol–water partition coefficient (Wildman–Crippen LogP) is 3.77. The highest BCUT2D eigenvalue weighted by Crippen LogP contribution is 2.31. The number of hydrogen-bond acceptors (Lipinski definition) is 5. The van der Waals surface area contributed by atoms with Gasteiger partial charge in [-0.1, -0.05) is 24.3 Å². The van der Waals surface area contributed by atoms with Crippen LogP contribution in [0.3, 0.4) is 0 Å². The van der Waals surface area contributed by atoms with Crippen LogP contribution in [0.15, 0.2) is 76.5 Å². The van der Waals surface area contributed by atoms with Crippen LogP contribution in [0.2, 0.25) is 0 Å². The lowest BCUT2D eigenvalue weighted by Gasteiger charge is -2.24. The van der Waals surface area contributed by atoms with Crippen molar-refractivity contribution >= 4 is 19.9 Å². The first-order valence-corrected chi connectivity index (χ1v) is 12.7. The number of sulfone groups is 1. The molecule has 0 saturated heterocycles. The Morgan fingerprint density at radius 2 is 1.25 bits per heavy atom. The standard InChI is InChI=1S/C22H21F2NO5S2/c1-30-21-12-11-20(31(2,26)27)13-22(21)32(28,29)25(14-16-3-7-18(23)8-4-16)15-17-5-9-19(24)10-6-17/h3-13H,14-15H2,1-2H3. The van der Waals surface area contributed by atoms with Gasteiger partial charge in [0.1, 0.15) is 22.3 Å². The molecule has 0 N–H and O–H groups in total. The number of rotatable bonds is 8. The Morgan fingerprint density at radius 3 is 1.66 bits per heavy atom. The van der Waals surface area contributed by atoms with E-state index in [1.807, 2.05) is 0 Å². The van der Waals surface area contributed by atoms with Gasteiger partial charge in [0.2, 0.25) is 10.0 Å². The highest BCUT2D eigenvalue weighted by Gasteiger charge is 2.29. The van der Waals surface area contributed by atoms with E-state index in [0.29, 0.717) is 11.1 Å². The largest absolute Gasteiger partial charge is 0.495 e. The smallest absolute Gasteiger partial charge is 0.247 e. The Morgan fingerprint density at radius 1 is 0.781 bits per heavy atom. The first-order chi connectivity index (χ1) is 15.0. The molecule has 0 aliphatic carbocycles. The van der Waals surface area contributed by atoms with Crippen LogP contribution in [0.1, 0.15) is 11.1 Å². The molecule has 0 radical (unpaired) electrons. The fraction of sp³-hybridized carbons (Fsp3) is 0.182. The van der Waals surface area contributed by atoms with Crippen LogP contribution in [0, 0.1) is 11.6 Å². The second kappa shape index (κ2) is 9.35. The Hall–Kier alpha value is -2.82. The molecule has 170 valence electrons. The van der Waals surface area contributed by atoms with Crippen molar-refractivity contribution in [3.63, 3.8) is 0 Å². The summed E-state index contributed by atoms with van der Waals surface area (Å²) < 4.78 is 84.2. The minimum Gasteiger partial charge on any atom is -0.495 e. The topological polar surface area (TPSA) is 80.8 Å². The fourth-order valence-electron chi connectivity index (χ4n) is 3.04. The minimum atomic E-state index is -4.29. The van der Waals surface area contributed by atoms with Crippen LogP contribution in [0.25, 0.3) is 0 Å². The van der Waals surface area contributed by atoms with Crippen LogP contribution in [-0.4, -0.2) is 34.5 Å². The zero-order valence-corrected chi connectivity index (χ0v) is 19.0. The number of methoxy groups -OCH3 is 1. The molecule has 0 spiro atoms. The third kappa shape index (κ3) is 5.50. The number of benzene rings is 3. The van der Waals surface area contributed by atoms with Crippen LogP contribution < -0.4 is 4.74 Å². The van der Waals surface area contributed by atoms with Gasteiger partial charge in [-0.05, 0) is 53.6 Å². The minimum absolute atomic E-state index is 0.0272. The summed E-state index contributed by atoms with van der Waals surface area (Å²) in [6, 6.07) is 14.2. The molecule has 3 aromatic carbocycles. The van der Waals surface area contributed by atoms with Gasteiger partial charge in [0, 0.05) is 19.3 Å². The molecule has 0 aromatic heterocycles. The van der Waals surface area contributed by atoms with Crippen LogP contribution >= 0.6 is 0 Å². The zero-order valence-electron chi connectivity index (χ0n) is 17.3. The normalized spacial score (nSPS) is 12.2. The second-order valence-electron chi connectivity index (χ2n) is 7.11. The molecule has 0 heterocycles. The van der Waals surface area contributed by atoms with Crippen molar-refractivity contribution in [1.29, 1.82) is 0 Å². The summed E-state index contributed by atoms with van der Waals surface area (Å²) in [5.74, 6) is -0.964. The molecule has 0 aliphatic rings. The molecule has 10 heteroatoms. The number of nitrogens with zero attached hydrogens (tertiary/aromatic N) is 1. The van der Waals surface area contributed by atoms with E-state index in [9.17, 15) is 25.6 Å². The molecule has 6 nitrogen and oxygen atoms in total. The molecular formula is C22H21F2NO5S2. The van der Waals surface area contributed by atoms with Crippen LogP contribution in [0.5, 0.6) is 5.75 Å². The van der Waals surface area contributed by atoms with Crippen molar-refractivity contribution in [2.75, 3.05) is 13.4 Å².